The number of rotatable bonds is 7. The molecule has 0 radical (unpaired) electrons. The molecule has 0 spiro atoms. The molecular weight excluding hydrogens is 282 g/mol. The Hall–Kier alpha value is -0.620. The third kappa shape index (κ3) is 4.76. The SMILES string of the molecule is CCCN(CC(=O)N(C)C)C(CN)c1ccc(Cl)s1. The maximum absolute atomic E-state index is 11.9. The summed E-state index contributed by atoms with van der Waals surface area (Å²) in [6.07, 6.45) is 0.982. The number of thiophene rings is 1. The van der Waals surface area contributed by atoms with Crippen LogP contribution in [-0.2, 0) is 4.79 Å². The Balaban J connectivity index is 2.85. The molecule has 1 atom stereocenters. The number of amides is 1. The van der Waals surface area contributed by atoms with E-state index >= 15 is 0 Å². The van der Waals surface area contributed by atoms with Gasteiger partial charge in [-0.1, -0.05) is 18.5 Å². The molecule has 1 amide bonds. The summed E-state index contributed by atoms with van der Waals surface area (Å²) >= 11 is 7.51. The fourth-order valence-electron chi connectivity index (χ4n) is 1.90. The Morgan fingerprint density at radius 3 is 2.58 bits per heavy atom. The molecule has 1 unspecified atom stereocenters. The van der Waals surface area contributed by atoms with Crippen LogP contribution < -0.4 is 5.73 Å². The van der Waals surface area contributed by atoms with E-state index in [2.05, 4.69) is 11.8 Å². The number of nitrogens with zero attached hydrogens (tertiary/aromatic N) is 2. The van der Waals surface area contributed by atoms with Crippen molar-refractivity contribution in [2.75, 3.05) is 33.7 Å². The van der Waals surface area contributed by atoms with Crippen molar-refractivity contribution in [1.82, 2.24) is 9.80 Å². The van der Waals surface area contributed by atoms with Gasteiger partial charge in [0, 0.05) is 25.5 Å². The van der Waals surface area contributed by atoms with E-state index in [1.54, 1.807) is 19.0 Å². The van der Waals surface area contributed by atoms with Crippen LogP contribution in [0.25, 0.3) is 0 Å². The van der Waals surface area contributed by atoms with E-state index in [1.165, 1.54) is 11.3 Å². The van der Waals surface area contributed by atoms with Gasteiger partial charge < -0.3 is 10.6 Å². The molecule has 0 aliphatic carbocycles. The number of hydrogen-bond donors (Lipinski definition) is 1. The standard InChI is InChI=1S/C13H22ClN3OS/c1-4-7-17(9-13(18)16(2)3)10(8-15)11-5-6-12(14)19-11/h5-6,10H,4,7-9,15H2,1-3H3. The molecule has 0 aliphatic heterocycles. The number of carbonyl (C=O) groups is 1. The fourth-order valence-corrected chi connectivity index (χ4v) is 3.11. The van der Waals surface area contributed by atoms with Gasteiger partial charge >= 0.3 is 0 Å². The molecule has 0 saturated carbocycles. The summed E-state index contributed by atoms with van der Waals surface area (Å²) in [5.41, 5.74) is 5.89. The third-order valence-corrected chi connectivity index (χ3v) is 4.27. The van der Waals surface area contributed by atoms with Crippen LogP contribution in [0.5, 0.6) is 0 Å². The lowest BCUT2D eigenvalue weighted by atomic mass is 10.2. The van der Waals surface area contributed by atoms with Gasteiger partial charge in [0.05, 0.1) is 16.9 Å². The Bertz CT molecular complexity index is 408. The Kier molecular flexibility index (Phi) is 6.79. The minimum Gasteiger partial charge on any atom is -0.348 e. The number of halogens is 1. The predicted molar refractivity (Wildman–Crippen MR) is 81.7 cm³/mol. The zero-order valence-corrected chi connectivity index (χ0v) is 13.3. The summed E-state index contributed by atoms with van der Waals surface area (Å²) in [5.74, 6) is 0.0922. The average molecular weight is 304 g/mol. The first-order chi connectivity index (χ1) is 8.99. The van der Waals surface area contributed by atoms with Gasteiger partial charge in [-0.2, -0.15) is 0 Å². The molecule has 0 aromatic carbocycles. The lowest BCUT2D eigenvalue weighted by Crippen LogP contribution is -2.41. The van der Waals surface area contributed by atoms with Crippen LogP contribution >= 0.6 is 22.9 Å². The fraction of sp³-hybridized carbons (Fsp3) is 0.615. The highest BCUT2D eigenvalue weighted by molar-refractivity contribution is 7.16. The Morgan fingerprint density at radius 2 is 2.16 bits per heavy atom. The molecule has 6 heteroatoms. The summed E-state index contributed by atoms with van der Waals surface area (Å²) in [6.45, 7) is 3.81. The van der Waals surface area contributed by atoms with Crippen molar-refractivity contribution in [2.45, 2.75) is 19.4 Å². The van der Waals surface area contributed by atoms with E-state index < -0.39 is 0 Å². The molecule has 0 aliphatic rings. The van der Waals surface area contributed by atoms with Gasteiger partial charge in [-0.05, 0) is 25.1 Å². The van der Waals surface area contributed by atoms with Crippen molar-refractivity contribution in [1.29, 1.82) is 0 Å². The van der Waals surface area contributed by atoms with E-state index in [4.69, 9.17) is 17.3 Å². The third-order valence-electron chi connectivity index (χ3n) is 2.93. The van der Waals surface area contributed by atoms with Gasteiger partial charge in [-0.15, -0.1) is 11.3 Å². The van der Waals surface area contributed by atoms with Gasteiger partial charge in [-0.25, -0.2) is 0 Å². The van der Waals surface area contributed by atoms with Gasteiger partial charge in [0.15, 0.2) is 0 Å². The zero-order valence-electron chi connectivity index (χ0n) is 11.7. The van der Waals surface area contributed by atoms with E-state index in [-0.39, 0.29) is 11.9 Å². The second-order valence-electron chi connectivity index (χ2n) is 4.65. The number of hydrogen-bond acceptors (Lipinski definition) is 4. The summed E-state index contributed by atoms with van der Waals surface area (Å²) in [5, 5.41) is 0. The first-order valence-corrected chi connectivity index (χ1v) is 7.58. The molecule has 4 nitrogen and oxygen atoms in total. The second kappa shape index (κ2) is 7.85. The van der Waals surface area contributed by atoms with E-state index in [1.807, 2.05) is 12.1 Å². The van der Waals surface area contributed by atoms with Crippen molar-refractivity contribution in [3.63, 3.8) is 0 Å². The second-order valence-corrected chi connectivity index (χ2v) is 6.40. The highest BCUT2D eigenvalue weighted by atomic mass is 35.5. The van der Waals surface area contributed by atoms with E-state index in [9.17, 15) is 4.79 Å². The molecule has 2 N–H and O–H groups in total. The molecule has 19 heavy (non-hydrogen) atoms. The maximum Gasteiger partial charge on any atom is 0.236 e. The first-order valence-electron chi connectivity index (χ1n) is 6.39. The molecule has 1 heterocycles. The van der Waals surface area contributed by atoms with Crippen molar-refractivity contribution in [3.8, 4) is 0 Å². The topological polar surface area (TPSA) is 49.6 Å². The normalized spacial score (nSPS) is 12.7. The van der Waals surface area contributed by atoms with Gasteiger partial charge in [0.1, 0.15) is 0 Å². The highest BCUT2D eigenvalue weighted by Gasteiger charge is 2.22. The predicted octanol–water partition coefficient (Wildman–Crippen LogP) is 2.20. The summed E-state index contributed by atoms with van der Waals surface area (Å²) in [4.78, 5) is 16.8. The molecule has 1 aromatic rings. The minimum absolute atomic E-state index is 0.0568. The molecule has 1 rings (SSSR count). The Labute approximate surface area is 124 Å². The highest BCUT2D eigenvalue weighted by Crippen LogP contribution is 2.30. The summed E-state index contributed by atoms with van der Waals surface area (Å²) < 4.78 is 0.754. The molecule has 0 saturated heterocycles. The molecule has 1 aromatic heterocycles. The Morgan fingerprint density at radius 1 is 1.47 bits per heavy atom. The van der Waals surface area contributed by atoms with Gasteiger partial charge in [0.25, 0.3) is 0 Å². The molecule has 0 fully saturated rings. The first kappa shape index (κ1) is 16.4. The molecule has 108 valence electrons. The smallest absolute Gasteiger partial charge is 0.236 e. The quantitative estimate of drug-likeness (QED) is 0.840. The van der Waals surface area contributed by atoms with Crippen molar-refractivity contribution in [2.24, 2.45) is 5.73 Å². The van der Waals surface area contributed by atoms with Crippen molar-refractivity contribution >= 4 is 28.8 Å². The van der Waals surface area contributed by atoms with Crippen molar-refractivity contribution < 1.29 is 4.79 Å². The maximum atomic E-state index is 11.9. The van der Waals surface area contributed by atoms with Crippen LogP contribution in [0.3, 0.4) is 0 Å². The van der Waals surface area contributed by atoms with Crippen LogP contribution in [-0.4, -0.2) is 49.4 Å². The van der Waals surface area contributed by atoms with Crippen LogP contribution in [0.2, 0.25) is 4.34 Å². The molecule has 0 bridgehead atoms. The lowest BCUT2D eigenvalue weighted by Gasteiger charge is -2.30. The molecular formula is C13H22ClN3OS. The number of nitrogens with two attached hydrogens (primary N) is 1. The largest absolute Gasteiger partial charge is 0.348 e. The zero-order chi connectivity index (χ0) is 14.4. The number of carbonyl (C=O) groups excluding carboxylic acids is 1. The van der Waals surface area contributed by atoms with Crippen LogP contribution in [0.4, 0.5) is 0 Å². The van der Waals surface area contributed by atoms with Gasteiger partial charge in [-0.3, -0.25) is 9.69 Å². The average Bonchev–Trinajstić information content (AvgIpc) is 2.76. The summed E-state index contributed by atoms with van der Waals surface area (Å²) in [7, 11) is 3.54. The van der Waals surface area contributed by atoms with Crippen LogP contribution in [0.15, 0.2) is 12.1 Å². The summed E-state index contributed by atoms with van der Waals surface area (Å²) in [6, 6.07) is 3.93. The number of likely N-dealkylation sites (N-methyl/N-ethyl adjacent to an activating group) is 1. The van der Waals surface area contributed by atoms with E-state index in [0.717, 1.165) is 22.2 Å². The van der Waals surface area contributed by atoms with E-state index in [0.29, 0.717) is 13.1 Å². The van der Waals surface area contributed by atoms with Crippen LogP contribution in [0, 0.1) is 0 Å². The van der Waals surface area contributed by atoms with Crippen molar-refractivity contribution in [3.05, 3.63) is 21.3 Å². The van der Waals surface area contributed by atoms with Crippen LogP contribution in [0.1, 0.15) is 24.3 Å². The monoisotopic (exact) mass is 303 g/mol. The minimum atomic E-state index is 0.0568. The van der Waals surface area contributed by atoms with Gasteiger partial charge in [0.2, 0.25) is 5.91 Å². The lowest BCUT2D eigenvalue weighted by molar-refractivity contribution is -0.130.